The Bertz CT molecular complexity index is 510. The Kier molecular flexibility index (Phi) is 4.15. The van der Waals surface area contributed by atoms with Gasteiger partial charge in [0.15, 0.2) is 0 Å². The number of nitrogens with zero attached hydrogens (tertiary/aromatic N) is 2. The minimum atomic E-state index is 0.183. The van der Waals surface area contributed by atoms with E-state index in [1.54, 1.807) is 7.11 Å². The molecule has 1 amide bonds. The molecule has 21 heavy (non-hydrogen) atoms. The zero-order valence-electron chi connectivity index (χ0n) is 12.9. The van der Waals surface area contributed by atoms with E-state index in [-0.39, 0.29) is 6.04 Å². The molecule has 0 saturated carbocycles. The van der Waals surface area contributed by atoms with Crippen molar-refractivity contribution in [3.63, 3.8) is 0 Å². The first kappa shape index (κ1) is 14.4. The maximum Gasteiger partial charge on any atom is 0.210 e. The molecule has 1 aromatic carbocycles. The van der Waals surface area contributed by atoms with Gasteiger partial charge in [0.1, 0.15) is 0 Å². The van der Waals surface area contributed by atoms with Gasteiger partial charge < -0.3 is 14.5 Å². The van der Waals surface area contributed by atoms with Crippen molar-refractivity contribution in [1.82, 2.24) is 4.90 Å². The van der Waals surface area contributed by atoms with E-state index in [9.17, 15) is 4.79 Å². The number of benzene rings is 1. The second-order valence-corrected chi connectivity index (χ2v) is 6.04. The van der Waals surface area contributed by atoms with Crippen molar-refractivity contribution in [2.45, 2.75) is 38.3 Å². The Labute approximate surface area is 126 Å². The van der Waals surface area contributed by atoms with E-state index in [4.69, 9.17) is 4.74 Å². The quantitative estimate of drug-likeness (QED) is 0.801. The van der Waals surface area contributed by atoms with Gasteiger partial charge in [-0.2, -0.15) is 0 Å². The number of hydrogen-bond donors (Lipinski definition) is 0. The molecule has 0 aliphatic carbocycles. The highest BCUT2D eigenvalue weighted by Gasteiger charge is 2.27. The van der Waals surface area contributed by atoms with Crippen LogP contribution in [0.3, 0.4) is 0 Å². The van der Waals surface area contributed by atoms with Gasteiger partial charge in [0, 0.05) is 32.4 Å². The molecule has 1 saturated heterocycles. The summed E-state index contributed by atoms with van der Waals surface area (Å²) >= 11 is 0. The van der Waals surface area contributed by atoms with Crippen LogP contribution in [-0.4, -0.2) is 44.2 Å². The van der Waals surface area contributed by atoms with E-state index in [2.05, 4.69) is 30.0 Å². The van der Waals surface area contributed by atoms with Crippen molar-refractivity contribution in [3.8, 4) is 0 Å². The highest BCUT2D eigenvalue weighted by atomic mass is 16.5. The Morgan fingerprint density at radius 1 is 1.24 bits per heavy atom. The normalized spacial score (nSPS) is 23.0. The fraction of sp³-hybridized carbons (Fsp3) is 0.588. The number of amides is 1. The summed E-state index contributed by atoms with van der Waals surface area (Å²) in [4.78, 5) is 15.5. The minimum absolute atomic E-state index is 0.183. The van der Waals surface area contributed by atoms with Gasteiger partial charge in [-0.1, -0.05) is 12.1 Å². The van der Waals surface area contributed by atoms with E-state index in [1.807, 2.05) is 4.90 Å². The molecule has 4 heteroatoms. The van der Waals surface area contributed by atoms with Crippen LogP contribution in [0.4, 0.5) is 5.69 Å². The van der Waals surface area contributed by atoms with Gasteiger partial charge in [-0.05, 0) is 43.4 Å². The molecule has 114 valence electrons. The number of fused-ring (bicyclic) bond motifs is 1. The summed E-state index contributed by atoms with van der Waals surface area (Å²) in [6.45, 7) is 5.05. The number of methoxy groups -OCH3 is 1. The first-order valence-electron chi connectivity index (χ1n) is 7.85. The van der Waals surface area contributed by atoms with Gasteiger partial charge in [0.25, 0.3) is 0 Å². The second kappa shape index (κ2) is 6.06. The first-order chi connectivity index (χ1) is 10.2. The molecule has 0 spiro atoms. The largest absolute Gasteiger partial charge is 0.381 e. The Morgan fingerprint density at radius 3 is 2.67 bits per heavy atom. The van der Waals surface area contributed by atoms with Crippen LogP contribution in [0.5, 0.6) is 0 Å². The summed E-state index contributed by atoms with van der Waals surface area (Å²) in [6.07, 6.45) is 4.53. The number of carbonyl (C=O) groups is 1. The van der Waals surface area contributed by atoms with Gasteiger partial charge in [0.2, 0.25) is 6.41 Å². The molecule has 4 nitrogen and oxygen atoms in total. The van der Waals surface area contributed by atoms with Crippen LogP contribution in [0, 0.1) is 0 Å². The summed E-state index contributed by atoms with van der Waals surface area (Å²) in [7, 11) is 1.81. The van der Waals surface area contributed by atoms with Crippen LogP contribution < -0.4 is 4.90 Å². The molecule has 1 aromatic rings. The number of anilines is 1. The predicted octanol–water partition coefficient (Wildman–Crippen LogP) is 2.38. The van der Waals surface area contributed by atoms with Crippen LogP contribution in [-0.2, 0) is 16.0 Å². The van der Waals surface area contributed by atoms with Crippen LogP contribution in [0.25, 0.3) is 0 Å². The lowest BCUT2D eigenvalue weighted by atomic mass is 9.91. The molecular formula is C17H24N2O2. The molecule has 3 rings (SSSR count). The highest BCUT2D eigenvalue weighted by Crippen LogP contribution is 2.35. The van der Waals surface area contributed by atoms with E-state index in [1.165, 1.54) is 16.8 Å². The molecule has 2 aliphatic rings. The van der Waals surface area contributed by atoms with Crippen LogP contribution in [0.2, 0.25) is 0 Å². The van der Waals surface area contributed by atoms with E-state index < -0.39 is 0 Å². The minimum Gasteiger partial charge on any atom is -0.381 e. The average Bonchev–Trinajstić information content (AvgIpc) is 2.55. The molecule has 0 N–H and O–H groups in total. The summed E-state index contributed by atoms with van der Waals surface area (Å²) in [6, 6.07) is 6.71. The molecule has 0 radical (unpaired) electrons. The zero-order chi connectivity index (χ0) is 14.8. The maximum absolute atomic E-state index is 11.1. The lowest BCUT2D eigenvalue weighted by molar-refractivity contribution is -0.120. The fourth-order valence-electron chi connectivity index (χ4n) is 3.64. The molecule has 0 aromatic heterocycles. The van der Waals surface area contributed by atoms with Crippen LogP contribution in [0.1, 0.15) is 36.9 Å². The zero-order valence-corrected chi connectivity index (χ0v) is 12.9. The fourth-order valence-corrected chi connectivity index (χ4v) is 3.64. The van der Waals surface area contributed by atoms with Crippen LogP contribution in [0.15, 0.2) is 18.2 Å². The van der Waals surface area contributed by atoms with Crippen molar-refractivity contribution < 1.29 is 9.53 Å². The summed E-state index contributed by atoms with van der Waals surface area (Å²) in [5, 5.41) is 0. The third kappa shape index (κ3) is 2.64. The predicted molar refractivity (Wildman–Crippen MR) is 83.6 cm³/mol. The molecular weight excluding hydrogens is 264 g/mol. The average molecular weight is 288 g/mol. The van der Waals surface area contributed by atoms with E-state index in [0.29, 0.717) is 6.10 Å². The lowest BCUT2D eigenvalue weighted by Crippen LogP contribution is -2.39. The van der Waals surface area contributed by atoms with Crippen molar-refractivity contribution in [1.29, 1.82) is 0 Å². The van der Waals surface area contributed by atoms with Crippen molar-refractivity contribution in [2.75, 3.05) is 31.6 Å². The van der Waals surface area contributed by atoms with Crippen molar-refractivity contribution in [2.24, 2.45) is 0 Å². The summed E-state index contributed by atoms with van der Waals surface area (Å²) in [5.41, 5.74) is 4.10. The molecule has 1 unspecified atom stereocenters. The molecule has 2 heterocycles. The Balaban J connectivity index is 1.85. The molecule has 2 aliphatic heterocycles. The standard InChI is InChI=1S/C17H24N2O2/c1-13-15-4-3-5-17(16(15)8-11-19(13)12-20)18-9-6-14(21-2)7-10-18/h3-5,12-14H,6-11H2,1-2H3. The van der Waals surface area contributed by atoms with Crippen LogP contribution >= 0.6 is 0 Å². The first-order valence-corrected chi connectivity index (χ1v) is 7.85. The number of ether oxygens (including phenoxy) is 1. The smallest absolute Gasteiger partial charge is 0.210 e. The van der Waals surface area contributed by atoms with Gasteiger partial charge in [0.05, 0.1) is 12.1 Å². The summed E-state index contributed by atoms with van der Waals surface area (Å²) < 4.78 is 5.46. The van der Waals surface area contributed by atoms with Gasteiger partial charge >= 0.3 is 0 Å². The SMILES string of the molecule is COC1CCN(c2cccc3c2CCN(C=O)C3C)CC1. The highest BCUT2D eigenvalue weighted by molar-refractivity contribution is 5.61. The number of carbonyl (C=O) groups excluding carboxylic acids is 1. The molecule has 0 bridgehead atoms. The third-order valence-corrected chi connectivity index (χ3v) is 5.01. The van der Waals surface area contributed by atoms with E-state index in [0.717, 1.165) is 45.3 Å². The molecule has 1 atom stereocenters. The van der Waals surface area contributed by atoms with Gasteiger partial charge in [-0.3, -0.25) is 4.79 Å². The topological polar surface area (TPSA) is 32.8 Å². The number of hydrogen-bond acceptors (Lipinski definition) is 3. The Morgan fingerprint density at radius 2 is 2.00 bits per heavy atom. The number of piperidine rings is 1. The lowest BCUT2D eigenvalue weighted by Gasteiger charge is -2.38. The van der Waals surface area contributed by atoms with Gasteiger partial charge in [-0.15, -0.1) is 0 Å². The summed E-state index contributed by atoms with van der Waals surface area (Å²) in [5.74, 6) is 0. The monoisotopic (exact) mass is 288 g/mol. The molecule has 1 fully saturated rings. The maximum atomic E-state index is 11.1. The Hall–Kier alpha value is -1.55. The van der Waals surface area contributed by atoms with Gasteiger partial charge in [-0.25, -0.2) is 0 Å². The second-order valence-electron chi connectivity index (χ2n) is 6.04. The third-order valence-electron chi connectivity index (χ3n) is 5.01. The van der Waals surface area contributed by atoms with Crippen molar-refractivity contribution >= 4 is 12.1 Å². The van der Waals surface area contributed by atoms with E-state index >= 15 is 0 Å². The van der Waals surface area contributed by atoms with Crippen molar-refractivity contribution in [3.05, 3.63) is 29.3 Å². The number of rotatable bonds is 3.